The Morgan fingerprint density at radius 3 is 2.60 bits per heavy atom. The molecule has 7 nitrogen and oxygen atoms in total. The number of carbonyl (C=O) groups is 1. The normalized spacial score (nSPS) is 13.3. The van der Waals surface area contributed by atoms with Crippen LogP contribution in [0.3, 0.4) is 0 Å². The minimum Gasteiger partial charge on any atom is -0.497 e. The second-order valence-corrected chi connectivity index (χ2v) is 6.24. The summed E-state index contributed by atoms with van der Waals surface area (Å²) in [6.07, 6.45) is 3.60. The number of ether oxygens (including phenoxy) is 1. The summed E-state index contributed by atoms with van der Waals surface area (Å²) < 4.78 is 6.99. The molecule has 0 aliphatic carbocycles. The van der Waals surface area contributed by atoms with Gasteiger partial charge in [0.1, 0.15) is 5.75 Å². The van der Waals surface area contributed by atoms with Crippen LogP contribution in [-0.4, -0.2) is 54.5 Å². The van der Waals surface area contributed by atoms with Crippen molar-refractivity contribution in [1.82, 2.24) is 25.3 Å². The van der Waals surface area contributed by atoms with E-state index in [0.29, 0.717) is 13.1 Å². The van der Waals surface area contributed by atoms with Crippen molar-refractivity contribution in [2.24, 2.45) is 0 Å². The van der Waals surface area contributed by atoms with Crippen molar-refractivity contribution in [3.63, 3.8) is 0 Å². The molecule has 2 atom stereocenters. The molecule has 0 fully saturated rings. The summed E-state index contributed by atoms with van der Waals surface area (Å²) >= 11 is 0. The molecular weight excluding hydrogens is 318 g/mol. The Bertz CT molecular complexity index is 640. The lowest BCUT2D eigenvalue weighted by atomic mass is 10.1. The summed E-state index contributed by atoms with van der Waals surface area (Å²) in [7, 11) is 5.64. The molecule has 0 spiro atoms. The number of aromatic nitrogens is 2. The Morgan fingerprint density at radius 1 is 1.32 bits per heavy atom. The number of carbonyl (C=O) groups excluding carboxylic acids is 1. The standard InChI is InChI=1S/C18H27N5O2/c1-14(13-23-11-5-10-20-23)21-18(24)19-12-17(22(2)3)15-6-8-16(25-4)9-7-15/h5-11,14,17H,12-13H2,1-4H3,(H2,19,21,24)/t14-,17-/m1/s1. The number of methoxy groups -OCH3 is 1. The van der Waals surface area contributed by atoms with Gasteiger partial charge in [-0.25, -0.2) is 4.79 Å². The fourth-order valence-corrected chi connectivity index (χ4v) is 2.62. The van der Waals surface area contributed by atoms with Gasteiger partial charge < -0.3 is 20.3 Å². The van der Waals surface area contributed by atoms with Crippen molar-refractivity contribution < 1.29 is 9.53 Å². The molecular formula is C18H27N5O2. The number of hydrogen-bond donors (Lipinski definition) is 2. The van der Waals surface area contributed by atoms with E-state index in [0.717, 1.165) is 11.3 Å². The molecule has 0 saturated carbocycles. The predicted molar refractivity (Wildman–Crippen MR) is 97.6 cm³/mol. The van der Waals surface area contributed by atoms with Gasteiger partial charge in [0, 0.05) is 25.0 Å². The molecule has 0 aliphatic heterocycles. The average Bonchev–Trinajstić information content (AvgIpc) is 3.08. The Hall–Kier alpha value is -2.54. The molecule has 2 aromatic rings. The molecule has 0 radical (unpaired) electrons. The van der Waals surface area contributed by atoms with Gasteiger partial charge in [-0.05, 0) is 44.8 Å². The summed E-state index contributed by atoms with van der Waals surface area (Å²) in [5.74, 6) is 0.819. The molecule has 2 N–H and O–H groups in total. The topological polar surface area (TPSA) is 71.4 Å². The van der Waals surface area contributed by atoms with E-state index in [1.807, 2.05) is 57.5 Å². The Morgan fingerprint density at radius 2 is 2.04 bits per heavy atom. The summed E-state index contributed by atoms with van der Waals surface area (Å²) in [4.78, 5) is 14.2. The zero-order chi connectivity index (χ0) is 18.2. The lowest BCUT2D eigenvalue weighted by molar-refractivity contribution is 0.228. The van der Waals surface area contributed by atoms with Crippen molar-refractivity contribution in [3.8, 4) is 5.75 Å². The molecule has 0 unspecified atom stereocenters. The zero-order valence-electron chi connectivity index (χ0n) is 15.3. The van der Waals surface area contributed by atoms with Crippen LogP contribution in [0.4, 0.5) is 4.79 Å². The van der Waals surface area contributed by atoms with E-state index < -0.39 is 0 Å². The van der Waals surface area contributed by atoms with Gasteiger partial charge in [0.25, 0.3) is 0 Å². The molecule has 1 aromatic heterocycles. The SMILES string of the molecule is COc1ccc([C@@H](CNC(=O)N[C@H](C)Cn2cccn2)N(C)C)cc1. The van der Waals surface area contributed by atoms with Crippen LogP contribution in [0, 0.1) is 0 Å². The third-order valence-corrected chi connectivity index (χ3v) is 3.98. The molecule has 7 heteroatoms. The molecule has 0 bridgehead atoms. The summed E-state index contributed by atoms with van der Waals surface area (Å²) in [6, 6.07) is 9.64. The first-order valence-corrected chi connectivity index (χ1v) is 8.31. The van der Waals surface area contributed by atoms with E-state index in [-0.39, 0.29) is 18.1 Å². The quantitative estimate of drug-likeness (QED) is 0.766. The molecule has 0 saturated heterocycles. The molecule has 25 heavy (non-hydrogen) atoms. The number of nitrogens with one attached hydrogen (secondary N) is 2. The number of benzene rings is 1. The molecule has 2 amide bonds. The van der Waals surface area contributed by atoms with Crippen LogP contribution < -0.4 is 15.4 Å². The van der Waals surface area contributed by atoms with Crippen LogP contribution in [0.25, 0.3) is 0 Å². The highest BCUT2D eigenvalue weighted by molar-refractivity contribution is 5.74. The molecule has 1 heterocycles. The van der Waals surface area contributed by atoms with E-state index in [9.17, 15) is 4.79 Å². The average molecular weight is 345 g/mol. The van der Waals surface area contributed by atoms with Crippen LogP contribution in [-0.2, 0) is 6.54 Å². The molecule has 136 valence electrons. The van der Waals surface area contributed by atoms with E-state index in [1.54, 1.807) is 18.0 Å². The maximum absolute atomic E-state index is 12.2. The van der Waals surface area contributed by atoms with Crippen molar-refractivity contribution >= 4 is 6.03 Å². The fraction of sp³-hybridized carbons (Fsp3) is 0.444. The van der Waals surface area contributed by atoms with Gasteiger partial charge in [0.15, 0.2) is 0 Å². The van der Waals surface area contributed by atoms with E-state index in [4.69, 9.17) is 4.74 Å². The summed E-state index contributed by atoms with van der Waals surface area (Å²) in [6.45, 7) is 3.10. The van der Waals surface area contributed by atoms with Crippen LogP contribution in [0.5, 0.6) is 5.75 Å². The van der Waals surface area contributed by atoms with Crippen LogP contribution >= 0.6 is 0 Å². The third kappa shape index (κ3) is 5.79. The van der Waals surface area contributed by atoms with Crippen molar-refractivity contribution in [1.29, 1.82) is 0 Å². The maximum Gasteiger partial charge on any atom is 0.315 e. The van der Waals surface area contributed by atoms with Crippen LogP contribution in [0.2, 0.25) is 0 Å². The van der Waals surface area contributed by atoms with Gasteiger partial charge in [-0.2, -0.15) is 5.10 Å². The minimum atomic E-state index is -0.181. The number of rotatable bonds is 8. The predicted octanol–water partition coefficient (Wildman–Crippen LogP) is 1.88. The van der Waals surface area contributed by atoms with Crippen molar-refractivity contribution in [2.45, 2.75) is 25.6 Å². The maximum atomic E-state index is 12.2. The van der Waals surface area contributed by atoms with Gasteiger partial charge in [0.05, 0.1) is 19.7 Å². The highest BCUT2D eigenvalue weighted by Gasteiger charge is 2.16. The Kier molecular flexibility index (Phi) is 6.82. The van der Waals surface area contributed by atoms with E-state index in [1.165, 1.54) is 0 Å². The van der Waals surface area contributed by atoms with Crippen molar-refractivity contribution in [2.75, 3.05) is 27.7 Å². The first kappa shape index (κ1) is 18.8. The molecule has 0 aliphatic rings. The number of hydrogen-bond acceptors (Lipinski definition) is 4. The van der Waals surface area contributed by atoms with Crippen LogP contribution in [0.1, 0.15) is 18.5 Å². The molecule has 1 aromatic carbocycles. The first-order valence-electron chi connectivity index (χ1n) is 8.31. The van der Waals surface area contributed by atoms with Gasteiger partial charge in [-0.3, -0.25) is 4.68 Å². The number of amides is 2. The van der Waals surface area contributed by atoms with Gasteiger partial charge in [0.2, 0.25) is 0 Å². The van der Waals surface area contributed by atoms with E-state index in [2.05, 4.69) is 20.6 Å². The monoisotopic (exact) mass is 345 g/mol. The zero-order valence-corrected chi connectivity index (χ0v) is 15.3. The smallest absolute Gasteiger partial charge is 0.315 e. The lowest BCUT2D eigenvalue weighted by Crippen LogP contribution is -2.45. The van der Waals surface area contributed by atoms with Gasteiger partial charge in [-0.15, -0.1) is 0 Å². The second kappa shape index (κ2) is 9.08. The van der Waals surface area contributed by atoms with Gasteiger partial charge in [-0.1, -0.05) is 12.1 Å². The lowest BCUT2D eigenvalue weighted by Gasteiger charge is -2.25. The molecule has 2 rings (SSSR count). The number of nitrogens with zero attached hydrogens (tertiary/aromatic N) is 3. The van der Waals surface area contributed by atoms with Crippen LogP contribution in [0.15, 0.2) is 42.7 Å². The summed E-state index contributed by atoms with van der Waals surface area (Å²) in [5.41, 5.74) is 1.12. The highest BCUT2D eigenvalue weighted by atomic mass is 16.5. The first-order chi connectivity index (χ1) is 12.0. The number of likely N-dealkylation sites (N-methyl/N-ethyl adjacent to an activating group) is 1. The van der Waals surface area contributed by atoms with E-state index >= 15 is 0 Å². The van der Waals surface area contributed by atoms with Crippen molar-refractivity contribution in [3.05, 3.63) is 48.3 Å². The largest absolute Gasteiger partial charge is 0.497 e. The second-order valence-electron chi connectivity index (χ2n) is 6.24. The fourth-order valence-electron chi connectivity index (χ4n) is 2.62. The Labute approximate surface area is 149 Å². The minimum absolute atomic E-state index is 0.0151. The highest BCUT2D eigenvalue weighted by Crippen LogP contribution is 2.20. The number of urea groups is 1. The van der Waals surface area contributed by atoms with Gasteiger partial charge >= 0.3 is 6.03 Å². The third-order valence-electron chi connectivity index (χ3n) is 3.98. The summed E-state index contributed by atoms with van der Waals surface area (Å²) in [5, 5.41) is 10.0. The Balaban J connectivity index is 1.86.